The molecule has 2 aromatic rings. The van der Waals surface area contributed by atoms with E-state index in [1.807, 2.05) is 36.4 Å². The molecule has 0 unspecified atom stereocenters. The molecule has 5 nitrogen and oxygen atoms in total. The molecule has 0 aromatic heterocycles. The number of hydrogen-bond acceptors (Lipinski definition) is 4. The highest BCUT2D eigenvalue weighted by Gasteiger charge is 2.21. The number of morpholine rings is 1. The first-order valence-corrected chi connectivity index (χ1v) is 9.38. The number of hydrogen-bond donors (Lipinski definition) is 0. The Morgan fingerprint density at radius 2 is 2.04 bits per heavy atom. The van der Waals surface area contributed by atoms with E-state index in [0.717, 1.165) is 29.2 Å². The number of ether oxygens (including phenoxy) is 2. The number of nitriles is 1. The molecule has 27 heavy (non-hydrogen) atoms. The third kappa shape index (κ3) is 4.47. The number of amides is 1. The molecule has 0 N–H and O–H groups in total. The van der Waals surface area contributed by atoms with Crippen LogP contribution in [0.25, 0.3) is 16.8 Å². The Kier molecular flexibility index (Phi) is 6.45. The van der Waals surface area contributed by atoms with E-state index >= 15 is 0 Å². The highest BCUT2D eigenvalue weighted by molar-refractivity contribution is 6.05. The van der Waals surface area contributed by atoms with Crippen molar-refractivity contribution in [3.05, 3.63) is 47.5 Å². The molecule has 0 spiro atoms. The van der Waals surface area contributed by atoms with Gasteiger partial charge < -0.3 is 14.4 Å². The van der Waals surface area contributed by atoms with Gasteiger partial charge in [0.25, 0.3) is 5.91 Å². The number of fused-ring (bicyclic) bond motifs is 1. The fourth-order valence-electron chi connectivity index (χ4n) is 3.10. The molecule has 2 aromatic carbocycles. The van der Waals surface area contributed by atoms with Crippen LogP contribution in [0, 0.1) is 11.3 Å². The van der Waals surface area contributed by atoms with Gasteiger partial charge in [0.05, 0.1) is 19.8 Å². The Bertz CT molecular complexity index is 877. The molecule has 1 amide bonds. The quantitative estimate of drug-likeness (QED) is 0.444. The Hall–Kier alpha value is -2.84. The number of benzene rings is 2. The van der Waals surface area contributed by atoms with Gasteiger partial charge in [-0.05, 0) is 29.3 Å². The monoisotopic (exact) mass is 364 g/mol. The molecular formula is C22H24N2O3. The molecule has 0 radical (unpaired) electrons. The van der Waals surface area contributed by atoms with Crippen LogP contribution in [0.3, 0.4) is 0 Å². The van der Waals surface area contributed by atoms with Crippen molar-refractivity contribution in [2.24, 2.45) is 0 Å². The van der Waals surface area contributed by atoms with Crippen molar-refractivity contribution in [2.75, 3.05) is 32.9 Å². The summed E-state index contributed by atoms with van der Waals surface area (Å²) in [7, 11) is 0. The molecule has 5 heteroatoms. The van der Waals surface area contributed by atoms with Gasteiger partial charge in [0.1, 0.15) is 17.4 Å². The fraction of sp³-hybridized carbons (Fsp3) is 0.364. The summed E-state index contributed by atoms with van der Waals surface area (Å²) in [5, 5.41) is 11.6. The van der Waals surface area contributed by atoms with Gasteiger partial charge in [-0.1, -0.05) is 43.7 Å². The van der Waals surface area contributed by atoms with E-state index in [4.69, 9.17) is 9.47 Å². The number of unbranched alkanes of at least 4 members (excludes halogenated alkanes) is 1. The van der Waals surface area contributed by atoms with Gasteiger partial charge in [-0.2, -0.15) is 5.26 Å². The van der Waals surface area contributed by atoms with Crippen LogP contribution < -0.4 is 4.74 Å². The second-order valence-corrected chi connectivity index (χ2v) is 6.47. The number of carbonyl (C=O) groups excluding carboxylic acids is 1. The highest BCUT2D eigenvalue weighted by Crippen LogP contribution is 2.30. The third-order valence-electron chi connectivity index (χ3n) is 4.62. The minimum atomic E-state index is -0.256. The summed E-state index contributed by atoms with van der Waals surface area (Å²) in [5.41, 5.74) is 0.899. The maximum atomic E-state index is 12.8. The third-order valence-corrected chi connectivity index (χ3v) is 4.62. The van der Waals surface area contributed by atoms with Gasteiger partial charge in [0.15, 0.2) is 0 Å². The van der Waals surface area contributed by atoms with Crippen molar-refractivity contribution in [3.8, 4) is 11.8 Å². The molecule has 3 rings (SSSR count). The molecule has 1 heterocycles. The summed E-state index contributed by atoms with van der Waals surface area (Å²) >= 11 is 0. The van der Waals surface area contributed by atoms with Crippen LogP contribution in [-0.4, -0.2) is 43.7 Å². The minimum absolute atomic E-state index is 0.119. The SMILES string of the molecule is CCCCOc1ccc2ccccc2c1/C=C(/C#N)C(=O)N1CCOCC1. The first-order valence-electron chi connectivity index (χ1n) is 9.38. The van der Waals surface area contributed by atoms with E-state index in [1.165, 1.54) is 0 Å². The average molecular weight is 364 g/mol. The van der Waals surface area contributed by atoms with Crippen molar-refractivity contribution in [1.82, 2.24) is 4.90 Å². The lowest BCUT2D eigenvalue weighted by molar-refractivity contribution is -0.130. The van der Waals surface area contributed by atoms with Crippen molar-refractivity contribution >= 4 is 22.8 Å². The topological polar surface area (TPSA) is 62.6 Å². The maximum absolute atomic E-state index is 12.8. The Labute approximate surface area is 159 Å². The van der Waals surface area contributed by atoms with E-state index < -0.39 is 0 Å². The summed E-state index contributed by atoms with van der Waals surface area (Å²) in [5.74, 6) is 0.443. The largest absolute Gasteiger partial charge is 0.493 e. The van der Waals surface area contributed by atoms with E-state index in [9.17, 15) is 10.1 Å². The van der Waals surface area contributed by atoms with Crippen LogP contribution in [0.15, 0.2) is 42.0 Å². The predicted molar refractivity (Wildman–Crippen MR) is 105 cm³/mol. The summed E-state index contributed by atoms with van der Waals surface area (Å²) in [6.45, 7) is 4.74. The zero-order valence-corrected chi connectivity index (χ0v) is 15.6. The molecule has 0 aliphatic carbocycles. The van der Waals surface area contributed by atoms with E-state index in [0.29, 0.717) is 38.7 Å². The standard InChI is InChI=1S/C22H24N2O3/c1-2-3-12-27-21-9-8-17-6-4-5-7-19(17)20(21)15-18(16-23)22(25)24-10-13-26-14-11-24/h4-9,15H,2-3,10-14H2,1H3/b18-15-. The molecule has 1 fully saturated rings. The number of carbonyl (C=O) groups is 1. The van der Waals surface area contributed by atoms with E-state index in [1.54, 1.807) is 11.0 Å². The molecule has 0 bridgehead atoms. The average Bonchev–Trinajstić information content (AvgIpc) is 2.73. The molecule has 1 aliphatic heterocycles. The van der Waals surface area contributed by atoms with Gasteiger partial charge >= 0.3 is 0 Å². The zero-order chi connectivity index (χ0) is 19.1. The van der Waals surface area contributed by atoms with E-state index in [-0.39, 0.29) is 11.5 Å². The highest BCUT2D eigenvalue weighted by atomic mass is 16.5. The van der Waals surface area contributed by atoms with Gasteiger partial charge in [0, 0.05) is 18.7 Å². The smallest absolute Gasteiger partial charge is 0.264 e. The lowest BCUT2D eigenvalue weighted by Crippen LogP contribution is -2.41. The van der Waals surface area contributed by atoms with Crippen molar-refractivity contribution in [3.63, 3.8) is 0 Å². The maximum Gasteiger partial charge on any atom is 0.264 e. The number of rotatable bonds is 6. The molecule has 0 saturated carbocycles. The van der Waals surface area contributed by atoms with Crippen molar-refractivity contribution in [1.29, 1.82) is 5.26 Å². The molecule has 140 valence electrons. The van der Waals surface area contributed by atoms with Crippen LogP contribution in [0.1, 0.15) is 25.3 Å². The van der Waals surface area contributed by atoms with Crippen LogP contribution in [0.5, 0.6) is 5.75 Å². The molecule has 1 saturated heterocycles. The summed E-state index contributed by atoms with van der Waals surface area (Å²) in [4.78, 5) is 14.4. The first kappa shape index (κ1) is 18.9. The zero-order valence-electron chi connectivity index (χ0n) is 15.6. The molecule has 1 aliphatic rings. The Morgan fingerprint density at radius 1 is 1.26 bits per heavy atom. The lowest BCUT2D eigenvalue weighted by atomic mass is 10.0. The summed E-state index contributed by atoms with van der Waals surface area (Å²) < 4.78 is 11.3. The lowest BCUT2D eigenvalue weighted by Gasteiger charge is -2.26. The molecule has 0 atom stereocenters. The van der Waals surface area contributed by atoms with Gasteiger partial charge in [-0.15, -0.1) is 0 Å². The minimum Gasteiger partial charge on any atom is -0.493 e. The van der Waals surface area contributed by atoms with Crippen LogP contribution >= 0.6 is 0 Å². The number of nitrogens with zero attached hydrogens (tertiary/aromatic N) is 2. The molecular weight excluding hydrogens is 340 g/mol. The second-order valence-electron chi connectivity index (χ2n) is 6.47. The normalized spacial score (nSPS) is 14.8. The van der Waals surface area contributed by atoms with Crippen LogP contribution in [-0.2, 0) is 9.53 Å². The first-order chi connectivity index (χ1) is 13.2. The van der Waals surface area contributed by atoms with Crippen LogP contribution in [0.2, 0.25) is 0 Å². The summed E-state index contributed by atoms with van der Waals surface area (Å²) in [6.07, 6.45) is 3.66. The van der Waals surface area contributed by atoms with Crippen molar-refractivity contribution < 1.29 is 14.3 Å². The van der Waals surface area contributed by atoms with Crippen LogP contribution in [0.4, 0.5) is 0 Å². The Morgan fingerprint density at radius 3 is 2.78 bits per heavy atom. The van der Waals surface area contributed by atoms with Crippen molar-refractivity contribution in [2.45, 2.75) is 19.8 Å². The summed E-state index contributed by atoms with van der Waals surface area (Å²) in [6, 6.07) is 13.9. The second kappa shape index (κ2) is 9.20. The Balaban J connectivity index is 2.01. The fourth-order valence-corrected chi connectivity index (χ4v) is 3.10. The van der Waals surface area contributed by atoms with Gasteiger partial charge in [-0.25, -0.2) is 0 Å². The predicted octanol–water partition coefficient (Wildman–Crippen LogP) is 3.78. The van der Waals surface area contributed by atoms with Gasteiger partial charge in [-0.3, -0.25) is 4.79 Å². The van der Waals surface area contributed by atoms with Gasteiger partial charge in [0.2, 0.25) is 0 Å². The van der Waals surface area contributed by atoms with E-state index in [2.05, 4.69) is 13.0 Å².